The molecule has 0 atom stereocenters. The molecule has 0 fully saturated rings. The minimum Gasteiger partial charge on any atom is -0.493 e. The van der Waals surface area contributed by atoms with Crippen LogP contribution < -0.4 is 18.9 Å². The Bertz CT molecular complexity index is 960. The number of rotatable bonds is 7. The Kier molecular flexibility index (Phi) is 6.40. The summed E-state index contributed by atoms with van der Waals surface area (Å²) in [5, 5.41) is 0.0176. The Morgan fingerprint density at radius 3 is 2.15 bits per heavy atom. The van der Waals surface area contributed by atoms with E-state index in [2.05, 4.69) is 4.72 Å². The quantitative estimate of drug-likeness (QED) is 0.694. The lowest BCUT2D eigenvalue weighted by molar-refractivity contribution is 0.0601. The molecule has 0 aliphatic heterocycles. The lowest BCUT2D eigenvalue weighted by Gasteiger charge is -2.20. The van der Waals surface area contributed by atoms with Crippen LogP contribution in [0.3, 0.4) is 0 Å². The molecule has 0 saturated heterocycles. The molecule has 146 valence electrons. The third kappa shape index (κ3) is 4.04. The van der Waals surface area contributed by atoms with Crippen molar-refractivity contribution in [3.05, 3.63) is 40.9 Å². The van der Waals surface area contributed by atoms with Gasteiger partial charge in [0.25, 0.3) is 10.0 Å². The number of carbonyl (C=O) groups excluding carboxylic acids is 1. The van der Waals surface area contributed by atoms with E-state index in [1.807, 2.05) is 0 Å². The summed E-state index contributed by atoms with van der Waals surface area (Å²) >= 11 is 6.00. The van der Waals surface area contributed by atoms with Crippen molar-refractivity contribution in [3.63, 3.8) is 0 Å². The van der Waals surface area contributed by atoms with Gasteiger partial charge < -0.3 is 18.9 Å². The molecule has 0 radical (unpaired) electrons. The van der Waals surface area contributed by atoms with Gasteiger partial charge in [-0.15, -0.1) is 0 Å². The first-order valence-corrected chi connectivity index (χ1v) is 9.35. The highest BCUT2D eigenvalue weighted by Crippen LogP contribution is 2.46. The molecule has 27 heavy (non-hydrogen) atoms. The molecule has 1 N–H and O–H groups in total. The van der Waals surface area contributed by atoms with E-state index >= 15 is 0 Å². The van der Waals surface area contributed by atoms with Crippen molar-refractivity contribution < 1.29 is 32.2 Å². The molecule has 2 aromatic rings. The maximum atomic E-state index is 12.8. The molecule has 0 spiro atoms. The van der Waals surface area contributed by atoms with E-state index in [4.69, 9.17) is 30.5 Å². The van der Waals surface area contributed by atoms with Gasteiger partial charge in [-0.05, 0) is 12.1 Å². The summed E-state index contributed by atoms with van der Waals surface area (Å²) in [5.41, 5.74) is -0.287. The topological polar surface area (TPSA) is 100 Å². The number of benzene rings is 2. The first kappa shape index (κ1) is 20.7. The average molecular weight is 416 g/mol. The van der Waals surface area contributed by atoms with Crippen molar-refractivity contribution in [2.75, 3.05) is 33.2 Å². The second-order valence-electron chi connectivity index (χ2n) is 5.10. The number of hydrogen-bond donors (Lipinski definition) is 1. The van der Waals surface area contributed by atoms with Crippen LogP contribution in [0.25, 0.3) is 0 Å². The van der Waals surface area contributed by atoms with Crippen LogP contribution in [0.1, 0.15) is 10.4 Å². The highest BCUT2D eigenvalue weighted by molar-refractivity contribution is 7.92. The summed E-state index contributed by atoms with van der Waals surface area (Å²) in [6.45, 7) is 0. The normalized spacial score (nSPS) is 10.9. The van der Waals surface area contributed by atoms with E-state index in [9.17, 15) is 13.2 Å². The van der Waals surface area contributed by atoms with Gasteiger partial charge in [-0.3, -0.25) is 4.72 Å². The molecule has 0 aromatic heterocycles. The maximum absolute atomic E-state index is 12.8. The number of nitrogens with one attached hydrogen (secondary N) is 1. The monoisotopic (exact) mass is 415 g/mol. The molecule has 0 bridgehead atoms. The van der Waals surface area contributed by atoms with E-state index < -0.39 is 16.0 Å². The van der Waals surface area contributed by atoms with Gasteiger partial charge in [-0.1, -0.05) is 23.7 Å². The number of carbonyl (C=O) groups is 1. The zero-order valence-electron chi connectivity index (χ0n) is 15.0. The zero-order chi connectivity index (χ0) is 20.2. The van der Waals surface area contributed by atoms with Gasteiger partial charge in [0, 0.05) is 6.07 Å². The van der Waals surface area contributed by atoms with Crippen LogP contribution in [-0.2, 0) is 14.8 Å². The van der Waals surface area contributed by atoms with Crippen molar-refractivity contribution in [1.82, 2.24) is 0 Å². The molecule has 0 heterocycles. The third-order valence-corrected chi connectivity index (χ3v) is 5.45. The Balaban J connectivity index is 2.74. The lowest BCUT2D eigenvalue weighted by Crippen LogP contribution is -2.18. The van der Waals surface area contributed by atoms with E-state index in [0.29, 0.717) is 0 Å². The Morgan fingerprint density at radius 1 is 1.00 bits per heavy atom. The first-order valence-electron chi connectivity index (χ1n) is 7.49. The van der Waals surface area contributed by atoms with Crippen molar-refractivity contribution in [1.29, 1.82) is 0 Å². The van der Waals surface area contributed by atoms with Gasteiger partial charge in [0.15, 0.2) is 11.5 Å². The molecular formula is C17H18ClNO7S. The van der Waals surface area contributed by atoms with Crippen LogP contribution in [0.2, 0.25) is 5.02 Å². The predicted molar refractivity (Wildman–Crippen MR) is 99.7 cm³/mol. The fourth-order valence-electron chi connectivity index (χ4n) is 2.38. The van der Waals surface area contributed by atoms with Crippen molar-refractivity contribution in [2.24, 2.45) is 0 Å². The Hall–Kier alpha value is -2.65. The molecule has 8 nitrogen and oxygen atoms in total. The minimum absolute atomic E-state index is 0.0176. The Morgan fingerprint density at radius 2 is 1.63 bits per heavy atom. The van der Waals surface area contributed by atoms with Crippen LogP contribution in [0, 0.1) is 0 Å². The van der Waals surface area contributed by atoms with Gasteiger partial charge in [-0.25, -0.2) is 13.2 Å². The standard InChI is InChI=1S/C17H18ClNO7S/c1-23-12-9-10(17(20)26-4)14(16(25-3)15(12)24-2)19-27(21,22)13-8-6-5-7-11(13)18/h5-9,19H,1-4H3. The zero-order valence-corrected chi connectivity index (χ0v) is 16.6. The van der Waals surface area contributed by atoms with E-state index in [-0.39, 0.29) is 38.4 Å². The minimum atomic E-state index is -4.15. The number of halogens is 1. The van der Waals surface area contributed by atoms with Crippen molar-refractivity contribution in [2.45, 2.75) is 4.90 Å². The smallest absolute Gasteiger partial charge is 0.340 e. The number of anilines is 1. The van der Waals surface area contributed by atoms with Crippen LogP contribution in [0.5, 0.6) is 17.2 Å². The second kappa shape index (κ2) is 8.36. The van der Waals surface area contributed by atoms with Crippen LogP contribution in [-0.4, -0.2) is 42.8 Å². The summed E-state index contributed by atoms with van der Waals surface area (Å²) in [7, 11) is 1.03. The second-order valence-corrected chi connectivity index (χ2v) is 7.15. The molecule has 2 aromatic carbocycles. The van der Waals surface area contributed by atoms with Gasteiger partial charge in [0.1, 0.15) is 10.6 Å². The summed E-state index contributed by atoms with van der Waals surface area (Å²) in [6, 6.07) is 7.17. The predicted octanol–water partition coefficient (Wildman–Crippen LogP) is 2.95. The Labute approximate surface area is 162 Å². The third-order valence-electron chi connectivity index (χ3n) is 3.60. The van der Waals surface area contributed by atoms with E-state index in [1.165, 1.54) is 45.6 Å². The summed E-state index contributed by atoms with van der Waals surface area (Å²) < 4.78 is 48.5. The van der Waals surface area contributed by atoms with Gasteiger partial charge >= 0.3 is 5.97 Å². The highest BCUT2D eigenvalue weighted by Gasteiger charge is 2.29. The SMILES string of the molecule is COC(=O)c1cc(OC)c(OC)c(OC)c1NS(=O)(=O)c1ccccc1Cl. The molecule has 10 heteroatoms. The largest absolute Gasteiger partial charge is 0.493 e. The van der Waals surface area contributed by atoms with Gasteiger partial charge in [0.05, 0.1) is 39.0 Å². The number of methoxy groups -OCH3 is 4. The van der Waals surface area contributed by atoms with Crippen molar-refractivity contribution >= 4 is 33.3 Å². The fraction of sp³-hybridized carbons (Fsp3) is 0.235. The fourth-order valence-corrected chi connectivity index (χ4v) is 3.98. The maximum Gasteiger partial charge on any atom is 0.340 e. The summed E-state index contributed by atoms with van der Waals surface area (Å²) in [6.07, 6.45) is 0. The van der Waals surface area contributed by atoms with E-state index in [0.717, 1.165) is 7.11 Å². The molecule has 0 aliphatic carbocycles. The summed E-state index contributed by atoms with van der Waals surface area (Å²) in [4.78, 5) is 12.1. The van der Waals surface area contributed by atoms with Gasteiger partial charge in [-0.2, -0.15) is 0 Å². The average Bonchev–Trinajstić information content (AvgIpc) is 2.66. The first-order chi connectivity index (χ1) is 12.8. The number of sulfonamides is 1. The molecule has 0 amide bonds. The summed E-state index contributed by atoms with van der Waals surface area (Å²) in [5.74, 6) is -0.584. The van der Waals surface area contributed by atoms with Crippen LogP contribution in [0.4, 0.5) is 5.69 Å². The van der Waals surface area contributed by atoms with Crippen LogP contribution in [0.15, 0.2) is 35.2 Å². The molecule has 0 saturated carbocycles. The van der Waals surface area contributed by atoms with E-state index in [1.54, 1.807) is 6.07 Å². The van der Waals surface area contributed by atoms with Crippen molar-refractivity contribution in [3.8, 4) is 17.2 Å². The molecular weight excluding hydrogens is 398 g/mol. The van der Waals surface area contributed by atoms with Crippen LogP contribution >= 0.6 is 11.6 Å². The van der Waals surface area contributed by atoms with Gasteiger partial charge in [0.2, 0.25) is 5.75 Å². The highest BCUT2D eigenvalue weighted by atomic mass is 35.5. The number of ether oxygens (including phenoxy) is 4. The number of hydrogen-bond acceptors (Lipinski definition) is 7. The molecule has 0 unspecified atom stereocenters. The lowest BCUT2D eigenvalue weighted by atomic mass is 10.1. The molecule has 2 rings (SSSR count). The number of esters is 1. The molecule has 0 aliphatic rings.